The summed E-state index contributed by atoms with van der Waals surface area (Å²) < 4.78 is 15.5. The SMILES string of the molecule is O=C1NC(=S)N(c2cccc(Cl)c2)C(=O)/C1=C\c1ccc2c(ccn2Cc2cccc(F)c2)c1. The first-order valence-electron chi connectivity index (χ1n) is 10.4. The Kier molecular flexibility index (Phi) is 5.73. The van der Waals surface area contributed by atoms with E-state index in [0.717, 1.165) is 16.5 Å². The highest BCUT2D eigenvalue weighted by Gasteiger charge is 2.34. The van der Waals surface area contributed by atoms with Gasteiger partial charge >= 0.3 is 0 Å². The Balaban J connectivity index is 1.46. The Morgan fingerprint density at radius 2 is 1.82 bits per heavy atom. The van der Waals surface area contributed by atoms with Gasteiger partial charge in [0.25, 0.3) is 11.8 Å². The van der Waals surface area contributed by atoms with Crippen LogP contribution < -0.4 is 10.2 Å². The highest BCUT2D eigenvalue weighted by Crippen LogP contribution is 2.26. The summed E-state index contributed by atoms with van der Waals surface area (Å²) in [6, 6.07) is 20.7. The second-order valence-corrected chi connectivity index (χ2v) is 8.65. The lowest BCUT2D eigenvalue weighted by Gasteiger charge is -2.29. The maximum absolute atomic E-state index is 13.5. The van der Waals surface area contributed by atoms with Crippen molar-refractivity contribution < 1.29 is 14.0 Å². The molecular weight excluding hydrogens is 473 g/mol. The lowest BCUT2D eigenvalue weighted by molar-refractivity contribution is -0.122. The van der Waals surface area contributed by atoms with Gasteiger partial charge in [0.2, 0.25) is 0 Å². The fourth-order valence-electron chi connectivity index (χ4n) is 3.95. The van der Waals surface area contributed by atoms with Crippen LogP contribution in [0, 0.1) is 5.82 Å². The molecule has 2 heterocycles. The summed E-state index contributed by atoms with van der Waals surface area (Å²) >= 11 is 11.3. The molecule has 1 aliphatic rings. The second-order valence-electron chi connectivity index (χ2n) is 7.83. The fourth-order valence-corrected chi connectivity index (χ4v) is 4.42. The van der Waals surface area contributed by atoms with Gasteiger partial charge in [-0.15, -0.1) is 0 Å². The first kappa shape index (κ1) is 22.0. The van der Waals surface area contributed by atoms with Crippen LogP contribution in [-0.4, -0.2) is 21.5 Å². The average molecular weight is 490 g/mol. The maximum atomic E-state index is 13.5. The van der Waals surface area contributed by atoms with Crippen molar-refractivity contribution in [3.8, 4) is 0 Å². The predicted octanol–water partition coefficient (Wildman–Crippen LogP) is 5.31. The minimum Gasteiger partial charge on any atom is -0.343 e. The molecule has 0 bridgehead atoms. The lowest BCUT2D eigenvalue weighted by atomic mass is 10.1. The van der Waals surface area contributed by atoms with E-state index < -0.39 is 11.8 Å². The normalized spacial score (nSPS) is 15.3. The van der Waals surface area contributed by atoms with Gasteiger partial charge in [-0.25, -0.2) is 4.39 Å². The van der Waals surface area contributed by atoms with Crippen LogP contribution in [0.1, 0.15) is 11.1 Å². The number of amides is 2. The highest BCUT2D eigenvalue weighted by atomic mass is 35.5. The number of hydrogen-bond acceptors (Lipinski definition) is 3. The molecule has 3 aromatic carbocycles. The van der Waals surface area contributed by atoms with Crippen LogP contribution in [0.15, 0.2) is 84.6 Å². The summed E-state index contributed by atoms with van der Waals surface area (Å²) in [6.45, 7) is 0.522. The Morgan fingerprint density at radius 3 is 2.62 bits per heavy atom. The topological polar surface area (TPSA) is 54.3 Å². The van der Waals surface area contributed by atoms with Crippen molar-refractivity contribution in [3.05, 3.63) is 107 Å². The molecule has 8 heteroatoms. The molecule has 5 nitrogen and oxygen atoms in total. The van der Waals surface area contributed by atoms with E-state index in [1.165, 1.54) is 17.0 Å². The van der Waals surface area contributed by atoms with Crippen LogP contribution in [0.3, 0.4) is 0 Å². The van der Waals surface area contributed by atoms with Gasteiger partial charge in [0, 0.05) is 28.7 Å². The molecule has 0 aliphatic carbocycles. The monoisotopic (exact) mass is 489 g/mol. The molecule has 2 amide bonds. The lowest BCUT2D eigenvalue weighted by Crippen LogP contribution is -2.54. The first-order chi connectivity index (χ1) is 16.4. The van der Waals surface area contributed by atoms with E-state index in [1.807, 2.05) is 41.1 Å². The summed E-state index contributed by atoms with van der Waals surface area (Å²) in [4.78, 5) is 27.0. The number of carbonyl (C=O) groups excluding carboxylic acids is 2. The van der Waals surface area contributed by atoms with Crippen LogP contribution in [-0.2, 0) is 16.1 Å². The zero-order valence-corrected chi connectivity index (χ0v) is 19.2. The zero-order chi connectivity index (χ0) is 23.8. The predicted molar refractivity (Wildman–Crippen MR) is 135 cm³/mol. The van der Waals surface area contributed by atoms with E-state index in [2.05, 4.69) is 5.32 Å². The van der Waals surface area contributed by atoms with Crippen molar-refractivity contribution in [2.24, 2.45) is 0 Å². The second kappa shape index (κ2) is 8.85. The molecule has 1 fully saturated rings. The van der Waals surface area contributed by atoms with Gasteiger partial charge in [-0.2, -0.15) is 0 Å². The van der Waals surface area contributed by atoms with Crippen LogP contribution in [0.25, 0.3) is 17.0 Å². The molecule has 168 valence electrons. The third kappa shape index (κ3) is 4.23. The minimum atomic E-state index is -0.558. The first-order valence-corrected chi connectivity index (χ1v) is 11.2. The molecule has 0 unspecified atom stereocenters. The minimum absolute atomic E-state index is 0.000654. The summed E-state index contributed by atoms with van der Waals surface area (Å²) in [6.07, 6.45) is 3.46. The molecule has 34 heavy (non-hydrogen) atoms. The Morgan fingerprint density at radius 1 is 1.00 bits per heavy atom. The van der Waals surface area contributed by atoms with Crippen molar-refractivity contribution in [1.82, 2.24) is 9.88 Å². The number of aromatic nitrogens is 1. The number of rotatable bonds is 4. The average Bonchev–Trinajstić information content (AvgIpc) is 3.18. The number of nitrogens with one attached hydrogen (secondary N) is 1. The number of fused-ring (bicyclic) bond motifs is 1. The van der Waals surface area contributed by atoms with Crippen molar-refractivity contribution >= 4 is 63.4 Å². The van der Waals surface area contributed by atoms with Gasteiger partial charge < -0.3 is 4.57 Å². The molecule has 5 rings (SSSR count). The van der Waals surface area contributed by atoms with Crippen LogP contribution in [0.5, 0.6) is 0 Å². The summed E-state index contributed by atoms with van der Waals surface area (Å²) in [7, 11) is 0. The number of nitrogens with zero attached hydrogens (tertiary/aromatic N) is 2. The Bertz CT molecular complexity index is 1510. The van der Waals surface area contributed by atoms with Gasteiger partial charge in [0.15, 0.2) is 5.11 Å². The quantitative estimate of drug-likeness (QED) is 0.240. The summed E-state index contributed by atoms with van der Waals surface area (Å²) in [5.41, 5.74) is 2.93. The number of benzene rings is 3. The highest BCUT2D eigenvalue weighted by molar-refractivity contribution is 7.80. The summed E-state index contributed by atoms with van der Waals surface area (Å²) in [5.74, 6) is -1.36. The third-order valence-corrected chi connectivity index (χ3v) is 6.04. The zero-order valence-electron chi connectivity index (χ0n) is 17.7. The molecule has 1 saturated heterocycles. The molecule has 1 aromatic heterocycles. The number of thiocarbonyl (C=S) groups is 1. The third-order valence-electron chi connectivity index (χ3n) is 5.52. The number of halogens is 2. The molecule has 0 spiro atoms. The van der Waals surface area contributed by atoms with Crippen molar-refractivity contribution in [1.29, 1.82) is 0 Å². The van der Waals surface area contributed by atoms with Crippen LogP contribution >= 0.6 is 23.8 Å². The van der Waals surface area contributed by atoms with Gasteiger partial charge in [-0.05, 0) is 78.0 Å². The molecule has 0 radical (unpaired) electrons. The Labute approximate surface area is 205 Å². The van der Waals surface area contributed by atoms with Gasteiger partial charge in [-0.3, -0.25) is 19.8 Å². The molecule has 0 atom stereocenters. The number of anilines is 1. The Hall–Kier alpha value is -3.81. The largest absolute Gasteiger partial charge is 0.343 e. The van der Waals surface area contributed by atoms with Crippen molar-refractivity contribution in [2.45, 2.75) is 6.54 Å². The maximum Gasteiger partial charge on any atom is 0.270 e. The van der Waals surface area contributed by atoms with Gasteiger partial charge in [-0.1, -0.05) is 35.9 Å². The van der Waals surface area contributed by atoms with E-state index in [0.29, 0.717) is 22.8 Å². The van der Waals surface area contributed by atoms with E-state index >= 15 is 0 Å². The standard InChI is InChI=1S/C26H17ClFN3O2S/c27-19-4-2-6-21(14-19)31-25(33)22(24(32)29-26(31)34)13-16-7-8-23-18(11-16)9-10-30(23)15-17-3-1-5-20(28)12-17/h1-14H,15H2,(H,29,32,34)/b22-13-. The van der Waals surface area contributed by atoms with E-state index in [1.54, 1.807) is 36.4 Å². The van der Waals surface area contributed by atoms with Gasteiger partial charge in [0.1, 0.15) is 11.4 Å². The molecule has 1 N–H and O–H groups in total. The van der Waals surface area contributed by atoms with E-state index in [9.17, 15) is 14.0 Å². The molecule has 0 saturated carbocycles. The van der Waals surface area contributed by atoms with Crippen LogP contribution in [0.4, 0.5) is 10.1 Å². The van der Waals surface area contributed by atoms with E-state index in [4.69, 9.17) is 23.8 Å². The van der Waals surface area contributed by atoms with E-state index in [-0.39, 0.29) is 16.5 Å². The van der Waals surface area contributed by atoms with Crippen molar-refractivity contribution in [2.75, 3.05) is 4.90 Å². The summed E-state index contributed by atoms with van der Waals surface area (Å²) in [5, 5.41) is 3.95. The molecular formula is C26H17ClFN3O2S. The molecule has 1 aliphatic heterocycles. The van der Waals surface area contributed by atoms with Gasteiger partial charge in [0.05, 0.1) is 5.69 Å². The molecule has 4 aromatic rings. The number of carbonyl (C=O) groups is 2. The smallest absolute Gasteiger partial charge is 0.270 e. The van der Waals surface area contributed by atoms with Crippen molar-refractivity contribution in [3.63, 3.8) is 0 Å². The van der Waals surface area contributed by atoms with Crippen LogP contribution in [0.2, 0.25) is 5.02 Å². The number of hydrogen-bond donors (Lipinski definition) is 1. The fraction of sp³-hybridized carbons (Fsp3) is 0.0385.